The van der Waals surface area contributed by atoms with Crippen LogP contribution in [0.4, 0.5) is 0 Å². The predicted octanol–water partition coefficient (Wildman–Crippen LogP) is 3.55. The second-order valence-corrected chi connectivity index (χ2v) is 15.2. The molecule has 0 spiro atoms. The summed E-state index contributed by atoms with van der Waals surface area (Å²) in [5.74, 6) is -0.429. The van der Waals surface area contributed by atoms with E-state index in [2.05, 4.69) is 10.3 Å². The number of ether oxygens (including phenoxy) is 1. The average molecular weight is 673 g/mol. The Morgan fingerprint density at radius 1 is 1.11 bits per heavy atom. The Morgan fingerprint density at radius 3 is 2.47 bits per heavy atom. The van der Waals surface area contributed by atoms with Crippen LogP contribution >= 0.6 is 11.6 Å². The number of hydrogen-bond acceptors (Lipinski definition) is 7. The highest BCUT2D eigenvalue weighted by atomic mass is 35.5. The molecule has 5 atom stereocenters. The van der Waals surface area contributed by atoms with Crippen molar-refractivity contribution in [3.05, 3.63) is 22.8 Å². The number of rotatable bonds is 9. The number of nitrogens with two attached hydrogens (primary N) is 1. The van der Waals surface area contributed by atoms with Gasteiger partial charge >= 0.3 is 0 Å². The van der Waals surface area contributed by atoms with E-state index in [9.17, 15) is 19.2 Å². The normalized spacial score (nSPS) is 28.5. The van der Waals surface area contributed by atoms with Gasteiger partial charge in [0.05, 0.1) is 11.1 Å². The monoisotopic (exact) mass is 672 g/mol. The van der Waals surface area contributed by atoms with Crippen LogP contribution in [-0.4, -0.2) is 101 Å². The molecule has 47 heavy (non-hydrogen) atoms. The second kappa shape index (κ2) is 14.7. The van der Waals surface area contributed by atoms with Gasteiger partial charge in [-0.2, -0.15) is 0 Å². The highest BCUT2D eigenvalue weighted by Crippen LogP contribution is 2.52. The Bertz CT molecular complexity index is 1340. The molecule has 0 aromatic carbocycles. The standard InChI is InChI=1S/C35H53ClN6O5/c1-21(2)16-27-31(43)41(4)28(18-23-17-25(36)20-38-30(23)47-26-13-14-26)32(44)40(3)15-9-7-6-8-10-24-19-35(24,34(46)39-27)42(5)33(45)29(37)22-11-12-22/h17,20-22,24,26-29H,6-16,18-19,37H2,1-5H3,(H,39,46)/t24-,27+,28+,29+,35+/m1/s1. The molecule has 11 nitrogen and oxygen atoms in total. The van der Waals surface area contributed by atoms with Gasteiger partial charge in [-0.25, -0.2) is 4.98 Å². The van der Waals surface area contributed by atoms with Gasteiger partial charge < -0.3 is 30.5 Å². The van der Waals surface area contributed by atoms with Crippen LogP contribution in [0.3, 0.4) is 0 Å². The summed E-state index contributed by atoms with van der Waals surface area (Å²) < 4.78 is 6.07. The van der Waals surface area contributed by atoms with Crippen molar-refractivity contribution in [2.24, 2.45) is 23.5 Å². The van der Waals surface area contributed by atoms with Crippen molar-refractivity contribution in [3.8, 4) is 5.88 Å². The topological polar surface area (TPSA) is 138 Å². The molecule has 3 N–H and O–H groups in total. The minimum Gasteiger partial charge on any atom is -0.474 e. The van der Waals surface area contributed by atoms with E-state index in [0.29, 0.717) is 35.9 Å². The molecule has 0 unspecified atom stereocenters. The molecule has 0 bridgehead atoms. The number of nitrogens with one attached hydrogen (secondary N) is 1. The number of halogens is 1. The van der Waals surface area contributed by atoms with Crippen molar-refractivity contribution in [3.63, 3.8) is 0 Å². The lowest BCUT2D eigenvalue weighted by Crippen LogP contribution is -2.60. The predicted molar refractivity (Wildman–Crippen MR) is 180 cm³/mol. The summed E-state index contributed by atoms with van der Waals surface area (Å²) in [7, 11) is 5.10. The molecule has 4 amide bonds. The van der Waals surface area contributed by atoms with Crippen LogP contribution in [0.25, 0.3) is 0 Å². The summed E-state index contributed by atoms with van der Waals surface area (Å²) in [5.41, 5.74) is 5.96. The quantitative estimate of drug-likeness (QED) is 0.409. The maximum absolute atomic E-state index is 14.4. The number of nitrogens with zero attached hydrogens (tertiary/aromatic N) is 4. The van der Waals surface area contributed by atoms with Crippen molar-refractivity contribution >= 4 is 35.2 Å². The summed E-state index contributed by atoms with van der Waals surface area (Å²) in [6.07, 6.45) is 10.9. The zero-order chi connectivity index (χ0) is 34.0. The van der Waals surface area contributed by atoms with E-state index in [1.165, 1.54) is 11.1 Å². The van der Waals surface area contributed by atoms with Gasteiger partial charge in [-0.3, -0.25) is 19.2 Å². The number of pyridine rings is 1. The molecule has 260 valence electrons. The van der Waals surface area contributed by atoms with Crippen LogP contribution in [0.5, 0.6) is 5.88 Å². The smallest absolute Gasteiger partial charge is 0.246 e. The molecule has 1 aliphatic heterocycles. The van der Waals surface area contributed by atoms with E-state index in [1.54, 1.807) is 37.0 Å². The minimum atomic E-state index is -1.04. The largest absolute Gasteiger partial charge is 0.474 e. The van der Waals surface area contributed by atoms with Crippen molar-refractivity contribution in [2.45, 2.75) is 121 Å². The lowest BCUT2D eigenvalue weighted by Gasteiger charge is -2.36. The van der Waals surface area contributed by atoms with Crippen molar-refractivity contribution in [1.29, 1.82) is 0 Å². The Morgan fingerprint density at radius 2 is 1.81 bits per heavy atom. The van der Waals surface area contributed by atoms with Gasteiger partial charge in [0.1, 0.15) is 23.7 Å². The highest BCUT2D eigenvalue weighted by molar-refractivity contribution is 6.30. The molecular weight excluding hydrogens is 620 g/mol. The first-order chi connectivity index (χ1) is 22.3. The first-order valence-corrected chi connectivity index (χ1v) is 17.9. The first kappa shape index (κ1) is 35.4. The molecule has 4 fully saturated rings. The summed E-state index contributed by atoms with van der Waals surface area (Å²) in [6, 6.07) is -0.640. The molecule has 3 saturated carbocycles. The molecule has 0 radical (unpaired) electrons. The van der Waals surface area contributed by atoms with Crippen LogP contribution in [0.2, 0.25) is 5.02 Å². The summed E-state index contributed by atoms with van der Waals surface area (Å²) >= 11 is 6.36. The Hall–Kier alpha value is -2.92. The molecule has 1 saturated heterocycles. The van der Waals surface area contributed by atoms with Crippen molar-refractivity contribution in [2.75, 3.05) is 27.7 Å². The molecule has 3 aliphatic carbocycles. The van der Waals surface area contributed by atoms with E-state index in [1.807, 2.05) is 13.8 Å². The van der Waals surface area contributed by atoms with E-state index in [0.717, 1.165) is 57.8 Å². The number of fused-ring (bicyclic) bond motifs is 1. The van der Waals surface area contributed by atoms with E-state index >= 15 is 0 Å². The highest BCUT2D eigenvalue weighted by Gasteiger charge is 2.64. The third-order valence-corrected chi connectivity index (χ3v) is 10.7. The second-order valence-electron chi connectivity index (χ2n) is 14.8. The number of hydrogen-bond donors (Lipinski definition) is 2. The van der Waals surface area contributed by atoms with Gasteiger partial charge in [-0.15, -0.1) is 0 Å². The number of amides is 4. The third-order valence-electron chi connectivity index (χ3n) is 10.5. The van der Waals surface area contributed by atoms with Gasteiger partial charge in [-0.05, 0) is 75.2 Å². The maximum atomic E-state index is 14.4. The van der Waals surface area contributed by atoms with Crippen molar-refractivity contribution in [1.82, 2.24) is 25.0 Å². The molecule has 12 heteroatoms. The summed E-state index contributed by atoms with van der Waals surface area (Å²) in [6.45, 7) is 4.55. The number of carbonyl (C=O) groups is 4. The molecule has 1 aromatic rings. The zero-order valence-corrected chi connectivity index (χ0v) is 29.4. The van der Waals surface area contributed by atoms with Gasteiger partial charge in [0.15, 0.2) is 0 Å². The Labute approximate surface area is 284 Å². The van der Waals surface area contributed by atoms with E-state index in [-0.39, 0.29) is 53.9 Å². The number of aromatic nitrogens is 1. The third kappa shape index (κ3) is 8.21. The number of carbonyl (C=O) groups excluding carboxylic acids is 4. The molecule has 5 rings (SSSR count). The Balaban J connectivity index is 1.45. The van der Waals surface area contributed by atoms with Crippen LogP contribution in [0.15, 0.2) is 12.3 Å². The minimum absolute atomic E-state index is 0.000470. The Kier molecular flexibility index (Phi) is 11.1. The van der Waals surface area contributed by atoms with Crippen LogP contribution < -0.4 is 15.8 Å². The van der Waals surface area contributed by atoms with Crippen LogP contribution in [-0.2, 0) is 25.6 Å². The molecule has 1 aromatic heterocycles. The van der Waals surface area contributed by atoms with E-state index < -0.39 is 23.7 Å². The van der Waals surface area contributed by atoms with Gasteiger partial charge in [0, 0.05) is 45.9 Å². The molecule has 2 heterocycles. The van der Waals surface area contributed by atoms with Crippen LogP contribution in [0, 0.1) is 17.8 Å². The van der Waals surface area contributed by atoms with Crippen molar-refractivity contribution < 1.29 is 23.9 Å². The molecular formula is C35H53ClN6O5. The van der Waals surface area contributed by atoms with Gasteiger partial charge in [0.25, 0.3) is 0 Å². The SMILES string of the molecule is CC(C)C[C@@H]1NC(=O)[C@]2(N(C)C(=O)[C@@H](N)C3CC3)C[C@H]2CCCCCCN(C)C(=O)[C@H](Cc2cc(Cl)cnc2OC2CC2)N(C)C1=O. The fraction of sp³-hybridized carbons (Fsp3) is 0.743. The lowest BCUT2D eigenvalue weighted by molar-refractivity contribution is -0.147. The van der Waals surface area contributed by atoms with E-state index in [4.69, 9.17) is 22.1 Å². The summed E-state index contributed by atoms with van der Waals surface area (Å²) in [4.78, 5) is 65.5. The fourth-order valence-corrected chi connectivity index (χ4v) is 7.25. The lowest BCUT2D eigenvalue weighted by atomic mass is 9.98. The average Bonchev–Trinajstić information content (AvgIpc) is 3.90. The molecule has 4 aliphatic rings. The van der Waals surface area contributed by atoms with Gasteiger partial charge in [-0.1, -0.05) is 44.7 Å². The maximum Gasteiger partial charge on any atom is 0.246 e. The fourth-order valence-electron chi connectivity index (χ4n) is 7.07. The van der Waals surface area contributed by atoms with Crippen LogP contribution in [0.1, 0.15) is 90.0 Å². The van der Waals surface area contributed by atoms with Gasteiger partial charge in [0.2, 0.25) is 29.5 Å². The zero-order valence-electron chi connectivity index (χ0n) is 28.7. The summed E-state index contributed by atoms with van der Waals surface area (Å²) in [5, 5.41) is 3.50. The first-order valence-electron chi connectivity index (χ1n) is 17.5. The number of likely N-dealkylation sites (N-methyl/N-ethyl adjacent to an activating group) is 3.